The highest BCUT2D eigenvalue weighted by molar-refractivity contribution is 5.30. The summed E-state index contributed by atoms with van der Waals surface area (Å²) in [6.07, 6.45) is 1.15. The van der Waals surface area contributed by atoms with Crippen LogP contribution < -0.4 is 5.73 Å². The zero-order valence-electron chi connectivity index (χ0n) is 10.6. The molecule has 1 aliphatic rings. The van der Waals surface area contributed by atoms with Gasteiger partial charge < -0.3 is 10.6 Å². The molecule has 1 aromatic rings. The van der Waals surface area contributed by atoms with Crippen molar-refractivity contribution >= 4 is 0 Å². The second-order valence-corrected chi connectivity index (χ2v) is 5.18. The van der Waals surface area contributed by atoms with Gasteiger partial charge in [0, 0.05) is 19.1 Å². The van der Waals surface area contributed by atoms with Crippen LogP contribution in [0.3, 0.4) is 0 Å². The minimum absolute atomic E-state index is 0.0372. The fraction of sp³-hybridized carbons (Fsp3) is 0.571. The van der Waals surface area contributed by atoms with E-state index >= 15 is 0 Å². The molecule has 1 heterocycles. The number of benzene rings is 1. The summed E-state index contributed by atoms with van der Waals surface area (Å²) in [7, 11) is 2.04. The molecule has 0 saturated carbocycles. The van der Waals surface area contributed by atoms with E-state index in [1.807, 2.05) is 38.2 Å². The Kier molecular flexibility index (Phi) is 3.50. The molecule has 0 spiro atoms. The van der Waals surface area contributed by atoms with Gasteiger partial charge in [0.25, 0.3) is 0 Å². The quantitative estimate of drug-likeness (QED) is 0.855. The van der Waals surface area contributed by atoms with Crippen LogP contribution in [0.4, 0.5) is 4.39 Å². The highest BCUT2D eigenvalue weighted by Crippen LogP contribution is 2.37. The van der Waals surface area contributed by atoms with Crippen LogP contribution >= 0.6 is 0 Å². The van der Waals surface area contributed by atoms with Crippen LogP contribution in [0.15, 0.2) is 24.3 Å². The Morgan fingerprint density at radius 2 is 2.00 bits per heavy atom. The number of halogens is 1. The van der Waals surface area contributed by atoms with Gasteiger partial charge in [0.15, 0.2) is 0 Å². The average Bonchev–Trinajstić information content (AvgIpc) is 2.33. The van der Waals surface area contributed by atoms with E-state index in [1.54, 1.807) is 0 Å². The highest BCUT2D eigenvalue weighted by Gasteiger charge is 2.35. The van der Waals surface area contributed by atoms with E-state index in [0.29, 0.717) is 12.8 Å². The van der Waals surface area contributed by atoms with E-state index in [1.165, 1.54) is 0 Å². The molecule has 0 amide bonds. The van der Waals surface area contributed by atoms with Crippen molar-refractivity contribution in [3.63, 3.8) is 0 Å². The van der Waals surface area contributed by atoms with Crippen LogP contribution in [-0.4, -0.2) is 25.0 Å². The fourth-order valence-corrected chi connectivity index (χ4v) is 2.36. The van der Waals surface area contributed by atoms with Crippen molar-refractivity contribution in [3.8, 4) is 0 Å². The predicted molar refractivity (Wildman–Crippen MR) is 68.6 cm³/mol. The zero-order valence-corrected chi connectivity index (χ0v) is 10.6. The number of likely N-dealkylation sites (tertiary alicyclic amines) is 1. The molecule has 0 bridgehead atoms. The second kappa shape index (κ2) is 4.75. The summed E-state index contributed by atoms with van der Waals surface area (Å²) in [6, 6.07) is 7.65. The van der Waals surface area contributed by atoms with Gasteiger partial charge >= 0.3 is 0 Å². The molecular formula is C14H21FN2. The molecule has 1 aromatic carbocycles. The van der Waals surface area contributed by atoms with E-state index < -0.39 is 5.67 Å². The van der Waals surface area contributed by atoms with Gasteiger partial charge in [0.05, 0.1) is 0 Å². The summed E-state index contributed by atoms with van der Waals surface area (Å²) in [5, 5.41) is 0. The van der Waals surface area contributed by atoms with E-state index in [0.717, 1.165) is 24.2 Å². The van der Waals surface area contributed by atoms with Gasteiger partial charge in [-0.2, -0.15) is 0 Å². The van der Waals surface area contributed by atoms with Crippen molar-refractivity contribution in [3.05, 3.63) is 35.4 Å². The Balaban J connectivity index is 2.24. The second-order valence-electron chi connectivity index (χ2n) is 5.18. The van der Waals surface area contributed by atoms with E-state index in [9.17, 15) is 4.39 Å². The van der Waals surface area contributed by atoms with Crippen LogP contribution in [0.5, 0.6) is 0 Å². The van der Waals surface area contributed by atoms with Gasteiger partial charge in [-0.1, -0.05) is 24.3 Å². The van der Waals surface area contributed by atoms with Crippen LogP contribution in [0.1, 0.15) is 36.9 Å². The summed E-state index contributed by atoms with van der Waals surface area (Å²) in [6.45, 7) is 3.57. The summed E-state index contributed by atoms with van der Waals surface area (Å²) in [5.74, 6) is 0. The molecule has 1 saturated heterocycles. The first-order chi connectivity index (χ1) is 8.01. The lowest BCUT2D eigenvalue weighted by atomic mass is 9.85. The molecule has 1 aliphatic heterocycles. The first-order valence-electron chi connectivity index (χ1n) is 6.25. The minimum Gasteiger partial charge on any atom is -0.324 e. The zero-order chi connectivity index (χ0) is 12.5. The first kappa shape index (κ1) is 12.5. The van der Waals surface area contributed by atoms with Crippen molar-refractivity contribution in [2.45, 2.75) is 31.5 Å². The van der Waals surface area contributed by atoms with Crippen molar-refractivity contribution in [2.75, 3.05) is 20.1 Å². The molecule has 0 aliphatic carbocycles. The highest BCUT2D eigenvalue weighted by atomic mass is 19.1. The maximum Gasteiger partial charge on any atom is 0.138 e. The normalized spacial score (nSPS) is 22.4. The van der Waals surface area contributed by atoms with E-state index in [-0.39, 0.29) is 6.04 Å². The third-order valence-electron chi connectivity index (χ3n) is 3.71. The molecule has 94 valence electrons. The molecule has 2 rings (SSSR count). The molecule has 3 heteroatoms. The first-order valence-corrected chi connectivity index (χ1v) is 6.25. The summed E-state index contributed by atoms with van der Waals surface area (Å²) in [5.41, 5.74) is 6.48. The maximum absolute atomic E-state index is 14.9. The Bertz CT molecular complexity index is 382. The lowest BCUT2D eigenvalue weighted by molar-refractivity contribution is 0.0673. The topological polar surface area (TPSA) is 29.3 Å². The summed E-state index contributed by atoms with van der Waals surface area (Å²) in [4.78, 5) is 2.17. The van der Waals surface area contributed by atoms with Crippen LogP contribution in [0.25, 0.3) is 0 Å². The number of nitrogens with zero attached hydrogens (tertiary/aromatic N) is 1. The maximum atomic E-state index is 14.9. The average molecular weight is 236 g/mol. The number of rotatable bonds is 2. The standard InChI is InChI=1S/C14H21FN2/c1-11(16)12-4-3-5-13(10-12)14(15)6-8-17(2)9-7-14/h3-5,10-11H,6-9,16H2,1-2H3. The van der Waals surface area contributed by atoms with E-state index in [2.05, 4.69) is 4.90 Å². The van der Waals surface area contributed by atoms with Crippen molar-refractivity contribution in [1.29, 1.82) is 0 Å². The van der Waals surface area contributed by atoms with Crippen LogP contribution in [0, 0.1) is 0 Å². The number of alkyl halides is 1. The summed E-state index contributed by atoms with van der Waals surface area (Å²) < 4.78 is 14.9. The van der Waals surface area contributed by atoms with Gasteiger partial charge in [0.2, 0.25) is 0 Å². The lowest BCUT2D eigenvalue weighted by Gasteiger charge is -2.35. The number of hydrogen-bond donors (Lipinski definition) is 1. The van der Waals surface area contributed by atoms with Crippen molar-refractivity contribution in [2.24, 2.45) is 5.73 Å². The van der Waals surface area contributed by atoms with Crippen molar-refractivity contribution in [1.82, 2.24) is 4.90 Å². The number of nitrogens with two attached hydrogens (primary N) is 1. The van der Waals surface area contributed by atoms with Gasteiger partial charge in [-0.15, -0.1) is 0 Å². The molecule has 0 aromatic heterocycles. The monoisotopic (exact) mass is 236 g/mol. The largest absolute Gasteiger partial charge is 0.324 e. The Labute approximate surface area is 103 Å². The number of piperidine rings is 1. The molecule has 1 unspecified atom stereocenters. The number of hydrogen-bond acceptors (Lipinski definition) is 2. The predicted octanol–water partition coefficient (Wildman–Crippen LogP) is 2.60. The fourth-order valence-electron chi connectivity index (χ4n) is 2.36. The van der Waals surface area contributed by atoms with Crippen molar-refractivity contribution < 1.29 is 4.39 Å². The Hall–Kier alpha value is -0.930. The molecule has 1 fully saturated rings. The van der Waals surface area contributed by atoms with Gasteiger partial charge in [-0.05, 0) is 37.9 Å². The molecule has 1 atom stereocenters. The SMILES string of the molecule is CC(N)c1cccc(C2(F)CCN(C)CC2)c1. The molecular weight excluding hydrogens is 215 g/mol. The molecule has 17 heavy (non-hydrogen) atoms. The van der Waals surface area contributed by atoms with Crippen LogP contribution in [0.2, 0.25) is 0 Å². The molecule has 2 N–H and O–H groups in total. The van der Waals surface area contributed by atoms with Gasteiger partial charge in [-0.3, -0.25) is 0 Å². The van der Waals surface area contributed by atoms with Gasteiger partial charge in [0.1, 0.15) is 5.67 Å². The third kappa shape index (κ3) is 2.67. The molecule has 2 nitrogen and oxygen atoms in total. The summed E-state index contributed by atoms with van der Waals surface area (Å²) >= 11 is 0. The van der Waals surface area contributed by atoms with Gasteiger partial charge in [-0.25, -0.2) is 4.39 Å². The Morgan fingerprint density at radius 1 is 1.35 bits per heavy atom. The van der Waals surface area contributed by atoms with Crippen LogP contribution in [-0.2, 0) is 5.67 Å². The minimum atomic E-state index is -1.17. The smallest absolute Gasteiger partial charge is 0.138 e. The molecule has 0 radical (unpaired) electrons. The van der Waals surface area contributed by atoms with E-state index in [4.69, 9.17) is 5.73 Å². The lowest BCUT2D eigenvalue weighted by Crippen LogP contribution is -2.38. The Morgan fingerprint density at radius 3 is 2.59 bits per heavy atom. The third-order valence-corrected chi connectivity index (χ3v) is 3.71.